The van der Waals surface area contributed by atoms with Crippen LogP contribution in [0, 0.1) is 11.3 Å². The highest BCUT2D eigenvalue weighted by Gasteiger charge is 2.23. The molecule has 1 fully saturated rings. The quantitative estimate of drug-likeness (QED) is 0.717. The van der Waals surface area contributed by atoms with Crippen molar-refractivity contribution in [1.82, 2.24) is 5.32 Å². The van der Waals surface area contributed by atoms with Crippen molar-refractivity contribution in [2.24, 2.45) is 17.1 Å². The van der Waals surface area contributed by atoms with Gasteiger partial charge < -0.3 is 15.8 Å². The van der Waals surface area contributed by atoms with Crippen LogP contribution < -0.4 is 11.1 Å². The largest absolute Gasteiger partial charge is 0.381 e. The lowest BCUT2D eigenvalue weighted by Crippen LogP contribution is -2.42. The Hall–Kier alpha value is -0.610. The summed E-state index contributed by atoms with van der Waals surface area (Å²) in [6.07, 6.45) is 1.92. The number of hydrogen-bond donors (Lipinski definition) is 2. The SMILES string of the molecule is CC(C)(CN)CNC(=O)C1CCCOC1. The molecule has 15 heavy (non-hydrogen) atoms. The molecule has 1 heterocycles. The van der Waals surface area contributed by atoms with Gasteiger partial charge in [0.15, 0.2) is 0 Å². The van der Waals surface area contributed by atoms with E-state index in [0.717, 1.165) is 19.4 Å². The molecule has 0 spiro atoms. The first-order chi connectivity index (χ1) is 7.05. The van der Waals surface area contributed by atoms with Crippen molar-refractivity contribution in [2.45, 2.75) is 26.7 Å². The van der Waals surface area contributed by atoms with Crippen LogP contribution in [0.5, 0.6) is 0 Å². The molecule has 0 radical (unpaired) electrons. The zero-order valence-electron chi connectivity index (χ0n) is 9.71. The highest BCUT2D eigenvalue weighted by Crippen LogP contribution is 2.15. The summed E-state index contributed by atoms with van der Waals surface area (Å²) < 4.78 is 5.28. The standard InChI is InChI=1S/C11H22N2O2/c1-11(2,7-12)8-13-10(14)9-4-3-5-15-6-9/h9H,3-8,12H2,1-2H3,(H,13,14). The van der Waals surface area contributed by atoms with E-state index in [1.807, 2.05) is 13.8 Å². The predicted molar refractivity (Wildman–Crippen MR) is 59.4 cm³/mol. The maximum atomic E-state index is 11.7. The van der Waals surface area contributed by atoms with E-state index in [4.69, 9.17) is 10.5 Å². The van der Waals surface area contributed by atoms with Gasteiger partial charge >= 0.3 is 0 Å². The number of nitrogens with one attached hydrogen (secondary N) is 1. The molecule has 1 amide bonds. The molecule has 1 aliphatic rings. The third-order valence-electron chi connectivity index (χ3n) is 2.82. The Kier molecular flexibility index (Phi) is 4.54. The second-order valence-corrected chi connectivity index (χ2v) is 5.00. The van der Waals surface area contributed by atoms with Crippen molar-refractivity contribution < 1.29 is 9.53 Å². The fraction of sp³-hybridized carbons (Fsp3) is 0.909. The van der Waals surface area contributed by atoms with Crippen molar-refractivity contribution in [3.8, 4) is 0 Å². The van der Waals surface area contributed by atoms with Gasteiger partial charge in [0.25, 0.3) is 0 Å². The molecule has 4 nitrogen and oxygen atoms in total. The molecular weight excluding hydrogens is 192 g/mol. The summed E-state index contributed by atoms with van der Waals surface area (Å²) in [4.78, 5) is 11.7. The molecule has 0 aromatic carbocycles. The van der Waals surface area contributed by atoms with Gasteiger partial charge in [0, 0.05) is 13.2 Å². The molecule has 1 atom stereocenters. The van der Waals surface area contributed by atoms with E-state index in [1.165, 1.54) is 0 Å². The maximum absolute atomic E-state index is 11.7. The first-order valence-electron chi connectivity index (χ1n) is 5.61. The van der Waals surface area contributed by atoms with E-state index in [9.17, 15) is 4.79 Å². The van der Waals surface area contributed by atoms with Gasteiger partial charge in [-0.15, -0.1) is 0 Å². The van der Waals surface area contributed by atoms with Crippen LogP contribution >= 0.6 is 0 Å². The molecule has 0 aromatic rings. The first kappa shape index (κ1) is 12.5. The molecule has 0 aliphatic carbocycles. The third kappa shape index (κ3) is 4.18. The summed E-state index contributed by atoms with van der Waals surface area (Å²) in [5, 5.41) is 2.94. The number of rotatable bonds is 4. The third-order valence-corrected chi connectivity index (χ3v) is 2.82. The normalized spacial score (nSPS) is 22.5. The van der Waals surface area contributed by atoms with Gasteiger partial charge in [-0.25, -0.2) is 0 Å². The number of carbonyl (C=O) groups excluding carboxylic acids is 1. The summed E-state index contributed by atoms with van der Waals surface area (Å²) in [6, 6.07) is 0. The van der Waals surface area contributed by atoms with Gasteiger partial charge in [0.05, 0.1) is 12.5 Å². The highest BCUT2D eigenvalue weighted by molar-refractivity contribution is 5.78. The lowest BCUT2D eigenvalue weighted by atomic mass is 9.93. The lowest BCUT2D eigenvalue weighted by molar-refractivity contribution is -0.129. The summed E-state index contributed by atoms with van der Waals surface area (Å²) in [5.41, 5.74) is 5.57. The van der Waals surface area contributed by atoms with Gasteiger partial charge in [0.2, 0.25) is 5.91 Å². The summed E-state index contributed by atoms with van der Waals surface area (Å²) >= 11 is 0. The minimum absolute atomic E-state index is 0.0226. The Labute approximate surface area is 91.5 Å². The molecule has 88 valence electrons. The topological polar surface area (TPSA) is 64.3 Å². The monoisotopic (exact) mass is 214 g/mol. The summed E-state index contributed by atoms with van der Waals surface area (Å²) in [6.45, 7) is 6.66. The Balaban J connectivity index is 2.28. The summed E-state index contributed by atoms with van der Waals surface area (Å²) in [5.74, 6) is 0.142. The Morgan fingerprint density at radius 3 is 2.87 bits per heavy atom. The average Bonchev–Trinajstić information content (AvgIpc) is 2.27. The molecule has 0 bridgehead atoms. The first-order valence-corrected chi connectivity index (χ1v) is 5.61. The fourth-order valence-corrected chi connectivity index (χ4v) is 1.49. The smallest absolute Gasteiger partial charge is 0.225 e. The van der Waals surface area contributed by atoms with Crippen LogP contribution in [0.2, 0.25) is 0 Å². The van der Waals surface area contributed by atoms with E-state index < -0.39 is 0 Å². The van der Waals surface area contributed by atoms with Crippen LogP contribution in [0.25, 0.3) is 0 Å². The van der Waals surface area contributed by atoms with Crippen molar-refractivity contribution in [3.05, 3.63) is 0 Å². The van der Waals surface area contributed by atoms with Crippen LogP contribution in [-0.4, -0.2) is 32.2 Å². The van der Waals surface area contributed by atoms with Gasteiger partial charge in [-0.2, -0.15) is 0 Å². The van der Waals surface area contributed by atoms with E-state index in [-0.39, 0.29) is 17.2 Å². The molecule has 1 rings (SSSR count). The highest BCUT2D eigenvalue weighted by atomic mass is 16.5. The van der Waals surface area contributed by atoms with E-state index in [0.29, 0.717) is 19.7 Å². The van der Waals surface area contributed by atoms with Crippen LogP contribution in [0.4, 0.5) is 0 Å². The van der Waals surface area contributed by atoms with Crippen molar-refractivity contribution in [1.29, 1.82) is 0 Å². The van der Waals surface area contributed by atoms with Gasteiger partial charge in [0.1, 0.15) is 0 Å². The van der Waals surface area contributed by atoms with Gasteiger partial charge in [-0.3, -0.25) is 4.79 Å². The average molecular weight is 214 g/mol. The molecule has 4 heteroatoms. The lowest BCUT2D eigenvalue weighted by Gasteiger charge is -2.26. The molecular formula is C11H22N2O2. The second-order valence-electron chi connectivity index (χ2n) is 5.00. The molecule has 1 saturated heterocycles. The number of nitrogens with two attached hydrogens (primary N) is 1. The van der Waals surface area contributed by atoms with Crippen LogP contribution in [0.3, 0.4) is 0 Å². The van der Waals surface area contributed by atoms with E-state index in [1.54, 1.807) is 0 Å². The van der Waals surface area contributed by atoms with E-state index in [2.05, 4.69) is 5.32 Å². The van der Waals surface area contributed by atoms with Gasteiger partial charge in [-0.05, 0) is 24.8 Å². The zero-order valence-corrected chi connectivity index (χ0v) is 9.71. The zero-order chi connectivity index (χ0) is 11.3. The van der Waals surface area contributed by atoms with Crippen molar-refractivity contribution in [3.63, 3.8) is 0 Å². The Bertz CT molecular complexity index is 211. The molecule has 1 unspecified atom stereocenters. The molecule has 3 N–H and O–H groups in total. The van der Waals surface area contributed by atoms with Crippen molar-refractivity contribution >= 4 is 5.91 Å². The predicted octanol–water partition coefficient (Wildman–Crippen LogP) is 0.514. The Morgan fingerprint density at radius 2 is 2.33 bits per heavy atom. The fourth-order valence-electron chi connectivity index (χ4n) is 1.49. The Morgan fingerprint density at radius 1 is 1.60 bits per heavy atom. The molecule has 1 aliphatic heterocycles. The van der Waals surface area contributed by atoms with E-state index >= 15 is 0 Å². The maximum Gasteiger partial charge on any atom is 0.225 e. The molecule has 0 aromatic heterocycles. The van der Waals surface area contributed by atoms with Crippen LogP contribution in [0.1, 0.15) is 26.7 Å². The van der Waals surface area contributed by atoms with Gasteiger partial charge in [-0.1, -0.05) is 13.8 Å². The summed E-state index contributed by atoms with van der Waals surface area (Å²) in [7, 11) is 0. The number of hydrogen-bond acceptors (Lipinski definition) is 3. The second kappa shape index (κ2) is 5.47. The number of amides is 1. The number of carbonyl (C=O) groups is 1. The minimum Gasteiger partial charge on any atom is -0.381 e. The van der Waals surface area contributed by atoms with Crippen LogP contribution in [-0.2, 0) is 9.53 Å². The molecule has 0 saturated carbocycles. The van der Waals surface area contributed by atoms with Crippen LogP contribution in [0.15, 0.2) is 0 Å². The number of ether oxygens (including phenoxy) is 1. The minimum atomic E-state index is -0.0226. The van der Waals surface area contributed by atoms with Crippen molar-refractivity contribution in [2.75, 3.05) is 26.3 Å².